The Morgan fingerprint density at radius 2 is 1.74 bits per heavy atom. The van der Waals surface area contributed by atoms with E-state index in [9.17, 15) is 29.8 Å². The van der Waals surface area contributed by atoms with E-state index in [0.29, 0.717) is 6.42 Å². The molecule has 0 saturated carbocycles. The molecule has 2 aromatic carbocycles. The minimum absolute atomic E-state index is 0.0553. The average Bonchev–Trinajstić information content (AvgIpc) is 3.48. The van der Waals surface area contributed by atoms with Crippen LogP contribution < -0.4 is 4.74 Å². The second kappa shape index (κ2) is 16.0. The van der Waals surface area contributed by atoms with E-state index in [-0.39, 0.29) is 31.9 Å². The molecule has 42 heavy (non-hydrogen) atoms. The molecule has 1 aromatic heterocycles. The van der Waals surface area contributed by atoms with Crippen LogP contribution in [0.3, 0.4) is 0 Å². The number of benzene rings is 2. The lowest BCUT2D eigenvalue weighted by atomic mass is 10.1. The molecule has 226 valence electrons. The van der Waals surface area contributed by atoms with Gasteiger partial charge in [0, 0.05) is 43.6 Å². The highest BCUT2D eigenvalue weighted by Crippen LogP contribution is 2.33. The number of carbonyl (C=O) groups is 2. The summed E-state index contributed by atoms with van der Waals surface area (Å²) in [6.45, 7) is 1.01. The van der Waals surface area contributed by atoms with E-state index < -0.39 is 41.2 Å². The van der Waals surface area contributed by atoms with E-state index in [1.54, 1.807) is 18.4 Å². The molecule has 0 bridgehead atoms. The minimum Gasteiger partial charge on any atom is -0.484 e. The summed E-state index contributed by atoms with van der Waals surface area (Å²) >= 11 is 1.55. The second-order valence-electron chi connectivity index (χ2n) is 9.11. The lowest BCUT2D eigenvalue weighted by molar-refractivity contribution is -0.790. The zero-order valence-electron chi connectivity index (χ0n) is 23.0. The molecule has 3 atom stereocenters. The van der Waals surface area contributed by atoms with Crippen molar-refractivity contribution in [3.05, 3.63) is 85.1 Å². The van der Waals surface area contributed by atoms with Crippen LogP contribution in [0.1, 0.15) is 43.6 Å². The molecule has 0 aliphatic rings. The van der Waals surface area contributed by atoms with Crippen LogP contribution >= 0.6 is 11.3 Å². The molecular formula is C27H31N3O11S. The quantitative estimate of drug-likeness (QED) is 0.0844. The Hall–Kier alpha value is -4.66. The van der Waals surface area contributed by atoms with Crippen LogP contribution in [0.15, 0.2) is 60.0 Å². The van der Waals surface area contributed by atoms with Gasteiger partial charge in [-0.3, -0.25) is 4.79 Å². The minimum atomic E-state index is -1.23. The molecule has 1 unspecified atom stereocenters. The summed E-state index contributed by atoms with van der Waals surface area (Å²) in [5.74, 6) is 0.00749. The topological polar surface area (TPSA) is 170 Å². The van der Waals surface area contributed by atoms with Crippen LogP contribution in [0.4, 0.5) is 4.79 Å². The third-order valence-electron chi connectivity index (χ3n) is 5.99. The molecule has 0 radical (unpaired) electrons. The fourth-order valence-electron chi connectivity index (χ4n) is 3.99. The maximum Gasteiger partial charge on any atom is 0.412 e. The number of nitrogens with zero attached hydrogens (tertiary/aromatic N) is 3. The predicted molar refractivity (Wildman–Crippen MR) is 150 cm³/mol. The van der Waals surface area contributed by atoms with Gasteiger partial charge in [-0.25, -0.2) is 4.79 Å². The highest BCUT2D eigenvalue weighted by atomic mass is 32.1. The van der Waals surface area contributed by atoms with Gasteiger partial charge in [0.2, 0.25) is 6.29 Å². The van der Waals surface area contributed by atoms with Crippen molar-refractivity contribution in [2.75, 3.05) is 20.2 Å². The van der Waals surface area contributed by atoms with Crippen LogP contribution in [0.5, 0.6) is 5.75 Å². The van der Waals surface area contributed by atoms with Crippen LogP contribution in [-0.2, 0) is 23.9 Å². The monoisotopic (exact) mass is 605 g/mol. The lowest BCUT2D eigenvalue weighted by Gasteiger charge is -2.24. The third kappa shape index (κ3) is 10.4. The summed E-state index contributed by atoms with van der Waals surface area (Å²) < 4.78 is 16.7. The van der Waals surface area contributed by atoms with E-state index in [2.05, 4.69) is 9.68 Å². The van der Waals surface area contributed by atoms with E-state index in [4.69, 9.17) is 14.2 Å². The van der Waals surface area contributed by atoms with E-state index >= 15 is 0 Å². The van der Waals surface area contributed by atoms with Crippen molar-refractivity contribution in [1.29, 1.82) is 0 Å². The smallest absolute Gasteiger partial charge is 0.412 e. The number of amides is 1. The molecule has 0 aliphatic carbocycles. The summed E-state index contributed by atoms with van der Waals surface area (Å²) in [4.78, 5) is 56.4. The Labute approximate surface area is 244 Å². The van der Waals surface area contributed by atoms with Gasteiger partial charge in [-0.15, -0.1) is 31.6 Å². The molecule has 14 nitrogen and oxygen atoms in total. The molecule has 0 saturated heterocycles. The molecule has 15 heteroatoms. The van der Waals surface area contributed by atoms with Crippen molar-refractivity contribution in [3.63, 3.8) is 0 Å². The summed E-state index contributed by atoms with van der Waals surface area (Å²) in [6, 6.07) is 17.7. The largest absolute Gasteiger partial charge is 0.484 e. The molecule has 0 aliphatic heterocycles. The number of rotatable bonds is 17. The predicted octanol–water partition coefficient (Wildman–Crippen LogP) is 5.32. The zero-order valence-corrected chi connectivity index (χ0v) is 23.8. The molecule has 3 rings (SSSR count). The van der Waals surface area contributed by atoms with E-state index in [0.717, 1.165) is 21.4 Å². The maximum atomic E-state index is 12.6. The van der Waals surface area contributed by atoms with Crippen molar-refractivity contribution < 1.29 is 43.6 Å². The van der Waals surface area contributed by atoms with Gasteiger partial charge in [-0.05, 0) is 35.7 Å². The summed E-state index contributed by atoms with van der Waals surface area (Å²) in [5.41, 5.74) is 0. The van der Waals surface area contributed by atoms with Crippen LogP contribution in [-0.4, -0.2) is 59.7 Å². The first-order chi connectivity index (χ1) is 20.1. The van der Waals surface area contributed by atoms with Gasteiger partial charge < -0.3 is 28.8 Å². The second-order valence-corrected chi connectivity index (χ2v) is 10.1. The Balaban J connectivity index is 1.46. The van der Waals surface area contributed by atoms with Crippen molar-refractivity contribution >= 4 is 34.2 Å². The van der Waals surface area contributed by atoms with E-state index in [1.165, 1.54) is 11.8 Å². The van der Waals surface area contributed by atoms with Crippen molar-refractivity contribution in [1.82, 2.24) is 4.90 Å². The van der Waals surface area contributed by atoms with Gasteiger partial charge in [0.05, 0.1) is 0 Å². The first-order valence-electron chi connectivity index (χ1n) is 13.0. The van der Waals surface area contributed by atoms with Crippen molar-refractivity contribution in [2.24, 2.45) is 0 Å². The molecule has 0 fully saturated rings. The van der Waals surface area contributed by atoms with Crippen LogP contribution in [0, 0.1) is 20.2 Å². The molecular weight excluding hydrogens is 574 g/mol. The SMILES string of the molecule is CC(OC(=O)CCC[C@H](CO[N+](=O)[O-])O[N+](=O)[O-])OC(=O)N(C)CC[C@H](Oc1cccc2ccccc12)c1cccs1. The number of carbonyl (C=O) groups excluding carboxylic acids is 2. The lowest BCUT2D eigenvalue weighted by Crippen LogP contribution is -2.33. The Kier molecular flexibility index (Phi) is 12.1. The number of ether oxygens (including phenoxy) is 3. The summed E-state index contributed by atoms with van der Waals surface area (Å²) in [5, 5.41) is 22.6. The fraction of sp³-hybridized carbons (Fsp3) is 0.407. The fourth-order valence-corrected chi connectivity index (χ4v) is 4.78. The van der Waals surface area contributed by atoms with Gasteiger partial charge in [-0.2, -0.15) is 0 Å². The Morgan fingerprint density at radius 1 is 0.976 bits per heavy atom. The molecule has 1 amide bonds. The first-order valence-corrected chi connectivity index (χ1v) is 13.9. The number of esters is 1. The Bertz CT molecular complexity index is 1330. The first kappa shape index (κ1) is 31.9. The molecule has 0 spiro atoms. The average molecular weight is 606 g/mol. The van der Waals surface area contributed by atoms with Crippen LogP contribution in [0.2, 0.25) is 0 Å². The van der Waals surface area contributed by atoms with Gasteiger partial charge in [0.25, 0.3) is 10.2 Å². The number of fused-ring (bicyclic) bond motifs is 1. The number of hydrogen-bond donors (Lipinski definition) is 0. The highest BCUT2D eigenvalue weighted by molar-refractivity contribution is 7.10. The molecule has 0 N–H and O–H groups in total. The van der Waals surface area contributed by atoms with Crippen molar-refractivity contribution in [2.45, 2.75) is 51.1 Å². The Morgan fingerprint density at radius 3 is 2.45 bits per heavy atom. The summed E-state index contributed by atoms with van der Waals surface area (Å²) in [7, 11) is 1.56. The van der Waals surface area contributed by atoms with E-state index in [1.807, 2.05) is 60.0 Å². The number of hydrogen-bond acceptors (Lipinski definition) is 12. The van der Waals surface area contributed by atoms with Crippen LogP contribution in [0.25, 0.3) is 10.8 Å². The highest BCUT2D eigenvalue weighted by Gasteiger charge is 2.22. The normalized spacial score (nSPS) is 12.9. The van der Waals surface area contributed by atoms with Gasteiger partial charge in [0.1, 0.15) is 24.6 Å². The van der Waals surface area contributed by atoms with Gasteiger partial charge in [-0.1, -0.05) is 42.5 Å². The van der Waals surface area contributed by atoms with Gasteiger partial charge >= 0.3 is 12.1 Å². The molecule has 3 aromatic rings. The standard InChI is InChI=1S/C27H31N3O11S/c1-19(38-26(31)14-6-10-21(41-30(35)36)18-37-29(33)34)39-27(32)28(2)16-15-24(25-13-7-17-42-25)40-23-12-5-9-20-8-3-4-11-22(20)23/h3-5,7-9,11-13,17,19,21,24H,6,10,14-16,18H2,1-2H3/t19?,21-,24+/m1/s1. The molecule has 1 heterocycles. The zero-order chi connectivity index (χ0) is 30.5. The third-order valence-corrected chi connectivity index (χ3v) is 6.95. The summed E-state index contributed by atoms with van der Waals surface area (Å²) in [6.07, 6.45) is -3.20. The number of thiophene rings is 1. The van der Waals surface area contributed by atoms with Crippen molar-refractivity contribution in [3.8, 4) is 5.75 Å². The maximum absolute atomic E-state index is 12.6. The van der Waals surface area contributed by atoms with Gasteiger partial charge in [0.15, 0.2) is 0 Å².